The molecular weight excluding hydrogens is 461 g/mol. The van der Waals surface area contributed by atoms with E-state index in [-0.39, 0.29) is 48.1 Å². The van der Waals surface area contributed by atoms with E-state index in [1.807, 2.05) is 6.07 Å². The number of halogens is 2. The van der Waals surface area contributed by atoms with Gasteiger partial charge in [0.15, 0.2) is 0 Å². The Morgan fingerprint density at radius 3 is 2.52 bits per heavy atom. The van der Waals surface area contributed by atoms with Gasteiger partial charge in [0.1, 0.15) is 11.9 Å². The molecular formula is C20H17BrFN3O3S. The fourth-order valence-electron chi connectivity index (χ4n) is 2.98. The van der Waals surface area contributed by atoms with E-state index < -0.39 is 15.8 Å². The molecule has 1 fully saturated rings. The van der Waals surface area contributed by atoms with Crippen LogP contribution in [-0.4, -0.2) is 49.7 Å². The maximum Gasteiger partial charge on any atom is 0.246 e. The highest BCUT2D eigenvalue weighted by Gasteiger charge is 2.31. The molecule has 0 spiro atoms. The van der Waals surface area contributed by atoms with Gasteiger partial charge in [-0.3, -0.25) is 4.79 Å². The van der Waals surface area contributed by atoms with Crippen molar-refractivity contribution in [3.05, 3.63) is 70.0 Å². The molecule has 0 saturated carbocycles. The van der Waals surface area contributed by atoms with Gasteiger partial charge in [-0.1, -0.05) is 28.1 Å². The summed E-state index contributed by atoms with van der Waals surface area (Å²) in [6, 6.07) is 12.4. The lowest BCUT2D eigenvalue weighted by molar-refractivity contribution is -0.127. The molecule has 0 bridgehead atoms. The van der Waals surface area contributed by atoms with Crippen LogP contribution in [-0.2, 0) is 14.8 Å². The zero-order valence-electron chi connectivity index (χ0n) is 15.3. The highest BCUT2D eigenvalue weighted by atomic mass is 79.9. The Morgan fingerprint density at radius 2 is 1.83 bits per heavy atom. The summed E-state index contributed by atoms with van der Waals surface area (Å²) in [5.41, 5.74) is 0.368. The van der Waals surface area contributed by atoms with E-state index in [9.17, 15) is 17.6 Å². The van der Waals surface area contributed by atoms with Crippen molar-refractivity contribution in [2.45, 2.75) is 4.90 Å². The highest BCUT2D eigenvalue weighted by molar-refractivity contribution is 9.10. The number of hydrogen-bond acceptors (Lipinski definition) is 4. The lowest BCUT2D eigenvalue weighted by Crippen LogP contribution is -2.50. The number of nitriles is 1. The minimum atomic E-state index is -3.82. The predicted octanol–water partition coefficient (Wildman–Crippen LogP) is 3.01. The fraction of sp³-hybridized carbons (Fsp3) is 0.200. The second-order valence-electron chi connectivity index (χ2n) is 6.34. The molecule has 0 radical (unpaired) electrons. The molecule has 9 heteroatoms. The smallest absolute Gasteiger partial charge is 0.246 e. The van der Waals surface area contributed by atoms with Crippen LogP contribution in [0, 0.1) is 17.1 Å². The molecule has 1 saturated heterocycles. The first-order valence-electron chi connectivity index (χ1n) is 8.74. The number of hydrogen-bond donors (Lipinski definition) is 0. The molecule has 3 rings (SSSR count). The minimum Gasteiger partial charge on any atom is -0.337 e. The highest BCUT2D eigenvalue weighted by Crippen LogP contribution is 2.21. The Balaban J connectivity index is 1.67. The Labute approximate surface area is 177 Å². The lowest BCUT2D eigenvalue weighted by atomic mass is 10.2. The standard InChI is InChI=1S/C20H17BrFN3O3S/c21-17-6-7-18(22)15(13-17)5-8-20(26)24-9-11-25(12-10-24)29(27,28)19-4-2-1-3-16(19)14-23/h1-8,13H,9-12H2/b8-5+. The van der Waals surface area contributed by atoms with Crippen LogP contribution in [0.3, 0.4) is 0 Å². The van der Waals surface area contributed by atoms with Crippen molar-refractivity contribution in [1.29, 1.82) is 5.26 Å². The van der Waals surface area contributed by atoms with Crippen molar-refractivity contribution in [3.63, 3.8) is 0 Å². The summed E-state index contributed by atoms with van der Waals surface area (Å²) >= 11 is 3.26. The maximum absolute atomic E-state index is 13.8. The van der Waals surface area contributed by atoms with Crippen LogP contribution in [0.1, 0.15) is 11.1 Å². The molecule has 2 aromatic rings. The molecule has 150 valence electrons. The van der Waals surface area contributed by atoms with E-state index >= 15 is 0 Å². The molecule has 29 heavy (non-hydrogen) atoms. The van der Waals surface area contributed by atoms with Gasteiger partial charge in [-0.15, -0.1) is 0 Å². The lowest BCUT2D eigenvalue weighted by Gasteiger charge is -2.33. The van der Waals surface area contributed by atoms with Gasteiger partial charge in [-0.2, -0.15) is 9.57 Å². The molecule has 1 amide bonds. The third kappa shape index (κ3) is 4.72. The average Bonchev–Trinajstić information content (AvgIpc) is 2.74. The number of amides is 1. The predicted molar refractivity (Wildman–Crippen MR) is 110 cm³/mol. The second-order valence-corrected chi connectivity index (χ2v) is 9.16. The number of benzene rings is 2. The zero-order chi connectivity index (χ0) is 21.0. The molecule has 1 aliphatic heterocycles. The first kappa shape index (κ1) is 21.2. The van der Waals surface area contributed by atoms with Crippen molar-refractivity contribution >= 4 is 37.9 Å². The van der Waals surface area contributed by atoms with E-state index in [0.717, 1.165) is 0 Å². The van der Waals surface area contributed by atoms with Crippen LogP contribution in [0.4, 0.5) is 4.39 Å². The third-order valence-corrected chi connectivity index (χ3v) is 6.99. The van der Waals surface area contributed by atoms with Crippen LogP contribution in [0.15, 0.2) is 57.9 Å². The van der Waals surface area contributed by atoms with E-state index in [1.165, 1.54) is 39.6 Å². The molecule has 0 unspecified atom stereocenters. The van der Waals surface area contributed by atoms with E-state index in [2.05, 4.69) is 15.9 Å². The SMILES string of the molecule is N#Cc1ccccc1S(=O)(=O)N1CCN(C(=O)/C=C/c2cc(Br)ccc2F)CC1. The molecule has 0 atom stereocenters. The number of carbonyl (C=O) groups is 1. The van der Waals surface area contributed by atoms with Gasteiger partial charge in [0.2, 0.25) is 15.9 Å². The topological polar surface area (TPSA) is 81.5 Å². The average molecular weight is 478 g/mol. The van der Waals surface area contributed by atoms with Crippen molar-refractivity contribution in [3.8, 4) is 6.07 Å². The molecule has 1 aliphatic rings. The second kappa shape index (κ2) is 8.86. The summed E-state index contributed by atoms with van der Waals surface area (Å²) < 4.78 is 41.4. The van der Waals surface area contributed by atoms with Crippen LogP contribution < -0.4 is 0 Å². The first-order chi connectivity index (χ1) is 13.8. The van der Waals surface area contributed by atoms with Crippen molar-refractivity contribution in [2.75, 3.05) is 26.2 Å². The minimum absolute atomic E-state index is 0.0349. The van der Waals surface area contributed by atoms with E-state index in [4.69, 9.17) is 5.26 Å². The molecule has 0 N–H and O–H groups in total. The van der Waals surface area contributed by atoms with Gasteiger partial charge >= 0.3 is 0 Å². The Hall–Kier alpha value is -2.54. The number of sulfonamides is 1. The van der Waals surface area contributed by atoms with Gasteiger partial charge in [0.05, 0.1) is 10.5 Å². The first-order valence-corrected chi connectivity index (χ1v) is 11.0. The Morgan fingerprint density at radius 1 is 1.14 bits per heavy atom. The number of nitrogens with zero attached hydrogens (tertiary/aromatic N) is 3. The molecule has 6 nitrogen and oxygen atoms in total. The van der Waals surface area contributed by atoms with Crippen LogP contribution >= 0.6 is 15.9 Å². The largest absolute Gasteiger partial charge is 0.337 e. The molecule has 0 aliphatic carbocycles. The van der Waals surface area contributed by atoms with Crippen molar-refractivity contribution in [2.24, 2.45) is 0 Å². The summed E-state index contributed by atoms with van der Waals surface area (Å²) in [5, 5.41) is 9.16. The monoisotopic (exact) mass is 477 g/mol. The summed E-state index contributed by atoms with van der Waals surface area (Å²) in [4.78, 5) is 13.9. The summed E-state index contributed by atoms with van der Waals surface area (Å²) in [6.45, 7) is 0.649. The summed E-state index contributed by atoms with van der Waals surface area (Å²) in [5.74, 6) is -0.761. The van der Waals surface area contributed by atoms with E-state index in [0.29, 0.717) is 4.47 Å². The van der Waals surface area contributed by atoms with Crippen molar-refractivity contribution in [1.82, 2.24) is 9.21 Å². The molecule has 2 aromatic carbocycles. The van der Waals surface area contributed by atoms with Crippen molar-refractivity contribution < 1.29 is 17.6 Å². The zero-order valence-corrected chi connectivity index (χ0v) is 17.7. The van der Waals surface area contributed by atoms with Gasteiger partial charge in [0.25, 0.3) is 0 Å². The van der Waals surface area contributed by atoms with Crippen LogP contribution in [0.5, 0.6) is 0 Å². The van der Waals surface area contributed by atoms with Gasteiger partial charge in [-0.05, 0) is 36.4 Å². The Bertz CT molecular complexity index is 1100. The fourth-order valence-corrected chi connectivity index (χ4v) is 4.92. The third-order valence-electron chi connectivity index (χ3n) is 4.54. The number of carbonyl (C=O) groups excluding carboxylic acids is 1. The number of rotatable bonds is 4. The van der Waals surface area contributed by atoms with Gasteiger partial charge in [-0.25, -0.2) is 12.8 Å². The normalized spacial score (nSPS) is 15.4. The van der Waals surface area contributed by atoms with Gasteiger partial charge in [0, 0.05) is 42.3 Å². The summed E-state index contributed by atoms with van der Waals surface area (Å²) in [7, 11) is -3.82. The summed E-state index contributed by atoms with van der Waals surface area (Å²) in [6.07, 6.45) is 2.68. The van der Waals surface area contributed by atoms with Crippen LogP contribution in [0.2, 0.25) is 0 Å². The number of piperazine rings is 1. The molecule has 0 aromatic heterocycles. The maximum atomic E-state index is 13.8. The Kier molecular flexibility index (Phi) is 6.47. The van der Waals surface area contributed by atoms with Crippen LogP contribution in [0.25, 0.3) is 6.08 Å². The van der Waals surface area contributed by atoms with Gasteiger partial charge < -0.3 is 4.90 Å². The van der Waals surface area contributed by atoms with E-state index in [1.54, 1.807) is 24.3 Å². The quantitative estimate of drug-likeness (QED) is 0.633. The molecule has 1 heterocycles.